The molecule has 20 heavy (non-hydrogen) atoms. The maximum Gasteiger partial charge on any atom is 0.187 e. The van der Waals surface area contributed by atoms with E-state index in [1.807, 2.05) is 25.1 Å². The van der Waals surface area contributed by atoms with Crippen LogP contribution in [-0.4, -0.2) is 5.78 Å². The third kappa shape index (κ3) is 2.78. The number of hydrogen-bond donors (Lipinski definition) is 0. The minimum Gasteiger partial charge on any atom is -0.292 e. The van der Waals surface area contributed by atoms with Crippen molar-refractivity contribution in [1.29, 1.82) is 5.26 Å². The van der Waals surface area contributed by atoms with Crippen molar-refractivity contribution in [2.24, 2.45) is 0 Å². The molecule has 0 amide bonds. The van der Waals surface area contributed by atoms with E-state index < -0.39 is 17.5 Å². The Bertz CT molecular complexity index is 689. The molecule has 0 N–H and O–H groups in total. The summed E-state index contributed by atoms with van der Waals surface area (Å²) in [6, 6.07) is 13.5. The van der Waals surface area contributed by atoms with Gasteiger partial charge in [0, 0.05) is 0 Å². The summed E-state index contributed by atoms with van der Waals surface area (Å²) in [4.78, 5) is 12.4. The van der Waals surface area contributed by atoms with E-state index in [0.29, 0.717) is 5.56 Å². The van der Waals surface area contributed by atoms with Crippen LogP contribution in [0.3, 0.4) is 0 Å². The lowest BCUT2D eigenvalue weighted by Crippen LogP contribution is -2.13. The molecule has 0 saturated carbocycles. The highest BCUT2D eigenvalue weighted by Gasteiger charge is 2.24. The fourth-order valence-electron chi connectivity index (χ4n) is 1.89. The van der Waals surface area contributed by atoms with Gasteiger partial charge in [-0.1, -0.05) is 35.9 Å². The van der Waals surface area contributed by atoms with Gasteiger partial charge in [0.1, 0.15) is 11.7 Å². The van der Waals surface area contributed by atoms with Gasteiger partial charge >= 0.3 is 0 Å². The molecule has 1 atom stereocenters. The molecular weight excluding hydrogens is 321 g/mol. The number of nitriles is 1. The number of nitrogens with zero attached hydrogens (tertiary/aromatic N) is 1. The number of benzene rings is 2. The third-order valence-corrected chi connectivity index (χ3v) is 3.63. The van der Waals surface area contributed by atoms with Gasteiger partial charge in [-0.15, -0.1) is 0 Å². The Hall–Kier alpha value is -1.99. The van der Waals surface area contributed by atoms with E-state index in [-0.39, 0.29) is 10.0 Å². The molecule has 0 aromatic heterocycles. The Morgan fingerprint density at radius 3 is 2.50 bits per heavy atom. The number of ketones is 1. The SMILES string of the molecule is Cc1ccc(C(C#N)C(=O)c2cccc(Br)c2F)cc1. The summed E-state index contributed by atoms with van der Waals surface area (Å²) >= 11 is 3.04. The van der Waals surface area contributed by atoms with Crippen LogP contribution in [0.5, 0.6) is 0 Å². The Balaban J connectivity index is 2.42. The van der Waals surface area contributed by atoms with Gasteiger partial charge in [0.25, 0.3) is 0 Å². The standard InChI is InChI=1S/C16H11BrFNO/c1-10-5-7-11(8-6-10)13(9-19)16(20)12-3-2-4-14(17)15(12)18/h2-8,13H,1H3. The fraction of sp³-hybridized carbons (Fsp3) is 0.125. The number of halogens is 2. The summed E-state index contributed by atoms with van der Waals surface area (Å²) in [5.41, 5.74) is 1.53. The van der Waals surface area contributed by atoms with E-state index in [0.717, 1.165) is 5.56 Å². The first-order chi connectivity index (χ1) is 9.54. The largest absolute Gasteiger partial charge is 0.292 e. The number of hydrogen-bond acceptors (Lipinski definition) is 2. The van der Waals surface area contributed by atoms with E-state index in [9.17, 15) is 14.4 Å². The van der Waals surface area contributed by atoms with Gasteiger partial charge in [-0.25, -0.2) is 4.39 Å². The molecule has 0 spiro atoms. The Morgan fingerprint density at radius 1 is 1.25 bits per heavy atom. The average molecular weight is 332 g/mol. The lowest BCUT2D eigenvalue weighted by molar-refractivity contribution is 0.0975. The zero-order valence-electron chi connectivity index (χ0n) is 10.7. The van der Waals surface area contributed by atoms with Gasteiger partial charge in [0.15, 0.2) is 5.78 Å². The fourth-order valence-corrected chi connectivity index (χ4v) is 2.26. The highest BCUT2D eigenvalue weighted by atomic mass is 79.9. The highest BCUT2D eigenvalue weighted by Crippen LogP contribution is 2.25. The van der Waals surface area contributed by atoms with Crippen LogP contribution in [0, 0.1) is 24.1 Å². The van der Waals surface area contributed by atoms with Crippen LogP contribution in [0.1, 0.15) is 27.4 Å². The van der Waals surface area contributed by atoms with Crippen molar-refractivity contribution in [3.05, 3.63) is 69.4 Å². The van der Waals surface area contributed by atoms with Crippen molar-refractivity contribution in [1.82, 2.24) is 0 Å². The Morgan fingerprint density at radius 2 is 1.90 bits per heavy atom. The quantitative estimate of drug-likeness (QED) is 0.783. The first kappa shape index (κ1) is 14.4. The second-order valence-electron chi connectivity index (χ2n) is 4.44. The molecule has 0 radical (unpaired) electrons. The summed E-state index contributed by atoms with van der Waals surface area (Å²) in [6.07, 6.45) is 0. The predicted molar refractivity (Wildman–Crippen MR) is 78.0 cm³/mol. The van der Waals surface area contributed by atoms with E-state index in [2.05, 4.69) is 15.9 Å². The normalized spacial score (nSPS) is 11.7. The lowest BCUT2D eigenvalue weighted by Gasteiger charge is -2.10. The molecule has 2 rings (SSSR count). The molecule has 0 bridgehead atoms. The van der Waals surface area contributed by atoms with Crippen LogP contribution >= 0.6 is 15.9 Å². The van der Waals surface area contributed by atoms with Gasteiger partial charge in [0.05, 0.1) is 16.1 Å². The van der Waals surface area contributed by atoms with Crippen molar-refractivity contribution in [3.63, 3.8) is 0 Å². The van der Waals surface area contributed by atoms with Crippen LogP contribution in [0.2, 0.25) is 0 Å². The summed E-state index contributed by atoms with van der Waals surface area (Å²) in [6.45, 7) is 1.92. The molecule has 0 aliphatic rings. The minimum atomic E-state index is -1.00. The Kier molecular flexibility index (Phi) is 4.31. The van der Waals surface area contributed by atoms with Gasteiger partial charge in [-0.05, 0) is 40.5 Å². The molecule has 100 valence electrons. The molecule has 2 aromatic carbocycles. The first-order valence-corrected chi connectivity index (χ1v) is 6.78. The van der Waals surface area contributed by atoms with E-state index in [1.54, 1.807) is 18.2 Å². The summed E-state index contributed by atoms with van der Waals surface area (Å²) in [5.74, 6) is -2.17. The number of aryl methyl sites for hydroxylation is 1. The number of rotatable bonds is 3. The zero-order valence-corrected chi connectivity index (χ0v) is 12.3. The van der Waals surface area contributed by atoms with Crippen molar-refractivity contribution in [3.8, 4) is 6.07 Å². The maximum absolute atomic E-state index is 14.0. The molecule has 0 aliphatic carbocycles. The molecule has 1 unspecified atom stereocenters. The molecule has 0 saturated heterocycles. The summed E-state index contributed by atoms with van der Waals surface area (Å²) < 4.78 is 14.2. The van der Waals surface area contributed by atoms with Crippen LogP contribution in [0.4, 0.5) is 4.39 Å². The smallest absolute Gasteiger partial charge is 0.187 e. The van der Waals surface area contributed by atoms with Crippen molar-refractivity contribution in [2.45, 2.75) is 12.8 Å². The van der Waals surface area contributed by atoms with Crippen LogP contribution in [0.25, 0.3) is 0 Å². The molecule has 2 nitrogen and oxygen atoms in total. The third-order valence-electron chi connectivity index (χ3n) is 3.02. The second kappa shape index (κ2) is 5.98. The molecule has 0 fully saturated rings. The number of carbonyl (C=O) groups is 1. The maximum atomic E-state index is 14.0. The topological polar surface area (TPSA) is 40.9 Å². The van der Waals surface area contributed by atoms with Crippen LogP contribution < -0.4 is 0 Å². The minimum absolute atomic E-state index is 0.0773. The zero-order chi connectivity index (χ0) is 14.7. The van der Waals surface area contributed by atoms with Gasteiger partial charge in [-0.3, -0.25) is 4.79 Å². The highest BCUT2D eigenvalue weighted by molar-refractivity contribution is 9.10. The van der Waals surface area contributed by atoms with Crippen LogP contribution in [0.15, 0.2) is 46.9 Å². The number of carbonyl (C=O) groups excluding carboxylic acids is 1. The van der Waals surface area contributed by atoms with E-state index in [4.69, 9.17) is 0 Å². The van der Waals surface area contributed by atoms with Crippen LogP contribution in [-0.2, 0) is 0 Å². The van der Waals surface area contributed by atoms with Gasteiger partial charge in [0.2, 0.25) is 0 Å². The Labute approximate surface area is 125 Å². The monoisotopic (exact) mass is 331 g/mol. The van der Waals surface area contributed by atoms with Gasteiger partial charge in [-0.2, -0.15) is 5.26 Å². The molecule has 4 heteroatoms. The molecule has 2 aromatic rings. The summed E-state index contributed by atoms with van der Waals surface area (Å²) in [7, 11) is 0. The predicted octanol–water partition coefficient (Wildman–Crippen LogP) is 4.39. The average Bonchev–Trinajstić information content (AvgIpc) is 2.44. The molecular formula is C16H11BrFNO. The van der Waals surface area contributed by atoms with Crippen molar-refractivity contribution >= 4 is 21.7 Å². The van der Waals surface area contributed by atoms with E-state index >= 15 is 0 Å². The molecule has 0 aliphatic heterocycles. The van der Waals surface area contributed by atoms with Gasteiger partial charge < -0.3 is 0 Å². The molecule has 0 heterocycles. The lowest BCUT2D eigenvalue weighted by atomic mass is 9.91. The first-order valence-electron chi connectivity index (χ1n) is 5.99. The van der Waals surface area contributed by atoms with Crippen molar-refractivity contribution < 1.29 is 9.18 Å². The summed E-state index contributed by atoms with van der Waals surface area (Å²) in [5, 5.41) is 9.24. The van der Waals surface area contributed by atoms with E-state index in [1.165, 1.54) is 12.1 Å². The number of Topliss-reactive ketones (excluding diaryl/α,β-unsaturated/α-hetero) is 1. The second-order valence-corrected chi connectivity index (χ2v) is 5.29. The van der Waals surface area contributed by atoms with Crippen molar-refractivity contribution in [2.75, 3.05) is 0 Å².